The Hall–Kier alpha value is -4.53. The van der Waals surface area contributed by atoms with Gasteiger partial charge in [-0.25, -0.2) is 13.6 Å². The van der Waals surface area contributed by atoms with Crippen LogP contribution in [0.4, 0.5) is 14.5 Å². The summed E-state index contributed by atoms with van der Waals surface area (Å²) in [6, 6.07) is 13.8. The van der Waals surface area contributed by atoms with E-state index in [9.17, 15) is 23.2 Å². The molecule has 0 radical (unpaired) electrons. The van der Waals surface area contributed by atoms with Crippen molar-refractivity contribution in [2.75, 3.05) is 12.4 Å². The number of ether oxygens (including phenoxy) is 1. The van der Waals surface area contributed by atoms with Gasteiger partial charge >= 0.3 is 5.97 Å². The highest BCUT2D eigenvalue weighted by atomic mass is 19.1. The number of nitrogens with one attached hydrogen (secondary N) is 2. The van der Waals surface area contributed by atoms with Crippen LogP contribution < -0.4 is 16.2 Å². The minimum absolute atomic E-state index is 0.0129. The monoisotopic (exact) mass is 575 g/mol. The molecule has 0 unspecified atom stereocenters. The van der Waals surface area contributed by atoms with Gasteiger partial charge in [-0.1, -0.05) is 43.3 Å². The lowest BCUT2D eigenvalue weighted by molar-refractivity contribution is -0.142. The van der Waals surface area contributed by atoms with Gasteiger partial charge in [0.1, 0.15) is 23.2 Å². The van der Waals surface area contributed by atoms with Crippen molar-refractivity contribution in [1.29, 1.82) is 0 Å². The van der Waals surface area contributed by atoms with Gasteiger partial charge in [0.2, 0.25) is 0 Å². The summed E-state index contributed by atoms with van der Waals surface area (Å²) in [5.41, 5.74) is 2.97. The second kappa shape index (κ2) is 12.5. The molecule has 0 spiro atoms. The highest BCUT2D eigenvalue weighted by Crippen LogP contribution is 2.32. The molecule has 4 aromatic rings. The van der Waals surface area contributed by atoms with Gasteiger partial charge < -0.3 is 19.9 Å². The highest BCUT2D eigenvalue weighted by molar-refractivity contribution is 6.00. The molecular formula is C33H35F2N3O4. The molecule has 42 heavy (non-hydrogen) atoms. The topological polar surface area (TPSA) is 89.4 Å². The summed E-state index contributed by atoms with van der Waals surface area (Å²) < 4.78 is 36.4. The zero-order valence-corrected chi connectivity index (χ0v) is 24.6. The minimum atomic E-state index is -1.23. The van der Waals surface area contributed by atoms with Crippen molar-refractivity contribution in [3.8, 4) is 11.1 Å². The molecule has 0 saturated carbocycles. The predicted octanol–water partition coefficient (Wildman–Crippen LogP) is 5.83. The summed E-state index contributed by atoms with van der Waals surface area (Å²) in [7, 11) is 2.90. The Kier molecular flexibility index (Phi) is 9.09. The number of anilines is 1. The summed E-state index contributed by atoms with van der Waals surface area (Å²) in [4.78, 5) is 39.1. The number of esters is 1. The molecule has 7 nitrogen and oxygen atoms in total. The molecule has 9 heteroatoms. The first-order valence-electron chi connectivity index (χ1n) is 13.8. The quantitative estimate of drug-likeness (QED) is 0.246. The van der Waals surface area contributed by atoms with Gasteiger partial charge in [0, 0.05) is 30.9 Å². The number of amides is 1. The SMILES string of the molecule is CC[C@H](C)Nc1cc(F)c(C(=O)N[C@@H](Cc2ccc(-c3c(C)cc(C)n(C)c3=O)c3ccccc23)C(=O)OC)c(F)c1. The predicted molar refractivity (Wildman–Crippen MR) is 161 cm³/mol. The fraction of sp³-hybridized carbons (Fsp3) is 0.303. The molecule has 2 N–H and O–H groups in total. The molecule has 0 fully saturated rings. The number of hydrogen-bond acceptors (Lipinski definition) is 5. The Morgan fingerprint density at radius 2 is 1.64 bits per heavy atom. The zero-order valence-electron chi connectivity index (χ0n) is 24.6. The van der Waals surface area contributed by atoms with E-state index in [1.54, 1.807) is 17.7 Å². The first-order chi connectivity index (χ1) is 20.0. The van der Waals surface area contributed by atoms with Crippen LogP contribution in [0.3, 0.4) is 0 Å². The van der Waals surface area contributed by atoms with Crippen molar-refractivity contribution >= 4 is 28.3 Å². The summed E-state index contributed by atoms with van der Waals surface area (Å²) in [5.74, 6) is -3.94. The van der Waals surface area contributed by atoms with E-state index in [0.717, 1.165) is 46.1 Å². The Labute approximate surface area is 243 Å². The van der Waals surface area contributed by atoms with E-state index >= 15 is 0 Å². The molecule has 0 aliphatic heterocycles. The molecule has 220 valence electrons. The second-order valence-corrected chi connectivity index (χ2v) is 10.5. The number of carbonyl (C=O) groups excluding carboxylic acids is 2. The molecular weight excluding hydrogens is 540 g/mol. The molecule has 3 aromatic carbocycles. The number of halogens is 2. The largest absolute Gasteiger partial charge is 0.467 e. The number of carbonyl (C=O) groups is 2. The highest BCUT2D eigenvalue weighted by Gasteiger charge is 2.27. The van der Waals surface area contributed by atoms with Crippen molar-refractivity contribution in [3.63, 3.8) is 0 Å². The van der Waals surface area contributed by atoms with E-state index in [2.05, 4.69) is 10.6 Å². The average molecular weight is 576 g/mol. The molecule has 1 aromatic heterocycles. The Morgan fingerprint density at radius 1 is 1.00 bits per heavy atom. The molecule has 0 aliphatic carbocycles. The number of fused-ring (bicyclic) bond motifs is 1. The Balaban J connectivity index is 1.70. The van der Waals surface area contributed by atoms with E-state index in [-0.39, 0.29) is 23.7 Å². The fourth-order valence-electron chi connectivity index (χ4n) is 5.11. The number of aromatic nitrogens is 1. The van der Waals surface area contributed by atoms with E-state index in [4.69, 9.17) is 4.74 Å². The van der Waals surface area contributed by atoms with E-state index in [1.807, 2.05) is 64.1 Å². The molecule has 1 amide bonds. The molecule has 0 saturated heterocycles. The van der Waals surface area contributed by atoms with Crippen molar-refractivity contribution in [2.45, 2.75) is 52.6 Å². The first kappa shape index (κ1) is 30.4. The maximum absolute atomic E-state index is 14.9. The average Bonchev–Trinajstić information content (AvgIpc) is 2.95. The van der Waals surface area contributed by atoms with Gasteiger partial charge in [0.25, 0.3) is 11.5 Å². The normalized spacial score (nSPS) is 12.6. The maximum atomic E-state index is 14.9. The van der Waals surface area contributed by atoms with Crippen molar-refractivity contribution < 1.29 is 23.1 Å². The molecule has 0 bridgehead atoms. The fourth-order valence-corrected chi connectivity index (χ4v) is 5.11. The van der Waals surface area contributed by atoms with Crippen LogP contribution in [0.15, 0.2) is 59.4 Å². The molecule has 2 atom stereocenters. The van der Waals surface area contributed by atoms with Gasteiger partial charge in [-0.2, -0.15) is 0 Å². The number of nitrogens with zero attached hydrogens (tertiary/aromatic N) is 1. The number of methoxy groups -OCH3 is 1. The first-order valence-corrected chi connectivity index (χ1v) is 13.8. The molecule has 1 heterocycles. The van der Waals surface area contributed by atoms with Crippen molar-refractivity contribution in [3.05, 3.63) is 99.0 Å². The smallest absolute Gasteiger partial charge is 0.328 e. The van der Waals surface area contributed by atoms with Crippen molar-refractivity contribution in [1.82, 2.24) is 9.88 Å². The van der Waals surface area contributed by atoms with Gasteiger partial charge in [-0.3, -0.25) is 9.59 Å². The lowest BCUT2D eigenvalue weighted by Gasteiger charge is -2.20. The van der Waals surface area contributed by atoms with Crippen molar-refractivity contribution in [2.24, 2.45) is 7.05 Å². The van der Waals surface area contributed by atoms with Gasteiger partial charge in [0.15, 0.2) is 0 Å². The van der Waals surface area contributed by atoms with E-state index < -0.39 is 35.1 Å². The zero-order chi connectivity index (χ0) is 30.7. The minimum Gasteiger partial charge on any atom is -0.467 e. The number of aryl methyl sites for hydroxylation is 2. The summed E-state index contributed by atoms with van der Waals surface area (Å²) in [6.45, 7) is 7.56. The van der Waals surface area contributed by atoms with Crippen LogP contribution >= 0.6 is 0 Å². The second-order valence-electron chi connectivity index (χ2n) is 10.5. The van der Waals surface area contributed by atoms with Crippen LogP contribution in [0, 0.1) is 25.5 Å². The summed E-state index contributed by atoms with van der Waals surface area (Å²) >= 11 is 0. The number of hydrogen-bond donors (Lipinski definition) is 2. The molecule has 0 aliphatic rings. The van der Waals surface area contributed by atoms with Gasteiger partial charge in [-0.05, 0) is 72.9 Å². The lowest BCUT2D eigenvalue weighted by atomic mass is 9.91. The Morgan fingerprint density at radius 3 is 2.26 bits per heavy atom. The van der Waals surface area contributed by atoms with E-state index in [1.165, 1.54) is 7.11 Å². The van der Waals surface area contributed by atoms with Crippen LogP contribution in [-0.2, 0) is 23.0 Å². The number of rotatable bonds is 9. The van der Waals surface area contributed by atoms with Crippen LogP contribution in [0.2, 0.25) is 0 Å². The van der Waals surface area contributed by atoms with Crippen LogP contribution in [0.5, 0.6) is 0 Å². The van der Waals surface area contributed by atoms with Crippen LogP contribution in [0.1, 0.15) is 47.4 Å². The lowest BCUT2D eigenvalue weighted by Crippen LogP contribution is -2.43. The summed E-state index contributed by atoms with van der Waals surface area (Å²) in [6.07, 6.45) is 0.726. The molecule has 4 rings (SSSR count). The van der Waals surface area contributed by atoms with E-state index in [0.29, 0.717) is 11.1 Å². The Bertz CT molecular complexity index is 1710. The van der Waals surface area contributed by atoms with Crippen LogP contribution in [-0.4, -0.2) is 35.6 Å². The number of benzene rings is 3. The third-order valence-electron chi connectivity index (χ3n) is 7.66. The maximum Gasteiger partial charge on any atom is 0.328 e. The summed E-state index contributed by atoms with van der Waals surface area (Å²) in [5, 5.41) is 6.99. The van der Waals surface area contributed by atoms with Gasteiger partial charge in [0.05, 0.1) is 12.7 Å². The third kappa shape index (κ3) is 6.05. The van der Waals surface area contributed by atoms with Gasteiger partial charge in [-0.15, -0.1) is 0 Å². The number of pyridine rings is 1. The standard InChI is InChI=1S/C33H35F2N3O4/c1-7-19(3)36-22-16-26(34)30(27(35)17-22)31(39)37-28(33(41)42-6)15-21-12-13-25(24-11-9-8-10-23(21)24)29-18(2)14-20(4)38(5)32(29)40/h8-14,16-17,19,28,36H,7,15H2,1-6H3,(H,37,39)/t19-,28-/m0/s1. The third-order valence-corrected chi connectivity index (χ3v) is 7.66. The van der Waals surface area contributed by atoms with Crippen LogP contribution in [0.25, 0.3) is 21.9 Å².